The van der Waals surface area contributed by atoms with E-state index in [0.29, 0.717) is 0 Å². The van der Waals surface area contributed by atoms with Crippen LogP contribution in [0.15, 0.2) is 43.1 Å². The lowest BCUT2D eigenvalue weighted by Gasteiger charge is -2.18. The highest BCUT2D eigenvalue weighted by atomic mass is 15.2. The maximum absolute atomic E-state index is 4.50. The van der Waals surface area contributed by atoms with Gasteiger partial charge in [-0.3, -0.25) is 0 Å². The van der Waals surface area contributed by atoms with Gasteiger partial charge in [-0.15, -0.1) is 0 Å². The Bertz CT molecular complexity index is 626. The molecule has 1 aliphatic rings. The molecule has 0 bridgehead atoms. The van der Waals surface area contributed by atoms with Gasteiger partial charge in [-0.1, -0.05) is 31.7 Å². The van der Waals surface area contributed by atoms with Crippen LogP contribution < -0.4 is 4.90 Å². The second-order valence-corrected chi connectivity index (χ2v) is 5.07. The number of hydrogen-bond donors (Lipinski definition) is 0. The summed E-state index contributed by atoms with van der Waals surface area (Å²) in [4.78, 5) is 6.69. The molecule has 19 heavy (non-hydrogen) atoms. The lowest BCUT2D eigenvalue weighted by atomic mass is 10.0. The molecule has 2 aromatic rings. The first-order valence-electron chi connectivity index (χ1n) is 6.70. The molecule has 0 saturated carbocycles. The molecule has 96 valence electrons. The van der Waals surface area contributed by atoms with Gasteiger partial charge in [-0.25, -0.2) is 4.98 Å². The van der Waals surface area contributed by atoms with Crippen molar-refractivity contribution in [2.24, 2.45) is 0 Å². The van der Waals surface area contributed by atoms with E-state index < -0.39 is 0 Å². The standard InChI is InChI=1S/C17H18N2/c1-4-14-6-7-15-11-19(13(3)16(15)9-14)17-8-5-12(2)10-18-17/h5-10H,3-4,11H2,1-2H3. The lowest BCUT2D eigenvalue weighted by Crippen LogP contribution is -2.14. The molecule has 0 unspecified atom stereocenters. The van der Waals surface area contributed by atoms with Crippen LogP contribution >= 0.6 is 0 Å². The minimum Gasteiger partial charge on any atom is -0.322 e. The van der Waals surface area contributed by atoms with E-state index in [2.05, 4.69) is 60.6 Å². The Morgan fingerprint density at radius 2 is 2.11 bits per heavy atom. The minimum absolute atomic E-state index is 0.869. The molecular formula is C17H18N2. The van der Waals surface area contributed by atoms with E-state index in [9.17, 15) is 0 Å². The van der Waals surface area contributed by atoms with E-state index in [-0.39, 0.29) is 0 Å². The van der Waals surface area contributed by atoms with Crippen LogP contribution in [-0.4, -0.2) is 4.98 Å². The summed E-state index contributed by atoms with van der Waals surface area (Å²) in [6, 6.07) is 10.8. The summed E-state index contributed by atoms with van der Waals surface area (Å²) in [5.74, 6) is 0.977. The smallest absolute Gasteiger partial charge is 0.133 e. The average Bonchev–Trinajstić information content (AvgIpc) is 2.76. The number of hydrogen-bond acceptors (Lipinski definition) is 2. The Morgan fingerprint density at radius 1 is 1.26 bits per heavy atom. The fraction of sp³-hybridized carbons (Fsp3) is 0.235. The molecule has 2 heteroatoms. The molecule has 0 saturated heterocycles. The van der Waals surface area contributed by atoms with E-state index in [4.69, 9.17) is 0 Å². The monoisotopic (exact) mass is 250 g/mol. The van der Waals surface area contributed by atoms with Gasteiger partial charge in [0.25, 0.3) is 0 Å². The number of aryl methyl sites for hydroxylation is 2. The molecule has 0 atom stereocenters. The molecule has 2 heterocycles. The van der Waals surface area contributed by atoms with E-state index in [0.717, 1.165) is 24.5 Å². The first-order chi connectivity index (χ1) is 9.19. The van der Waals surface area contributed by atoms with Gasteiger partial charge in [0, 0.05) is 17.5 Å². The average molecular weight is 250 g/mol. The van der Waals surface area contributed by atoms with Crippen molar-refractivity contribution in [2.45, 2.75) is 26.8 Å². The summed E-state index contributed by atoms with van der Waals surface area (Å²) >= 11 is 0. The van der Waals surface area contributed by atoms with Gasteiger partial charge in [0.2, 0.25) is 0 Å². The van der Waals surface area contributed by atoms with Crippen LogP contribution in [0, 0.1) is 6.92 Å². The van der Waals surface area contributed by atoms with Gasteiger partial charge < -0.3 is 4.90 Å². The van der Waals surface area contributed by atoms with E-state index in [1.54, 1.807) is 0 Å². The van der Waals surface area contributed by atoms with Crippen LogP contribution in [0.4, 0.5) is 5.82 Å². The molecule has 0 aliphatic carbocycles. The predicted molar refractivity (Wildman–Crippen MR) is 80.0 cm³/mol. The minimum atomic E-state index is 0.869. The zero-order chi connectivity index (χ0) is 13.4. The van der Waals surface area contributed by atoms with Crippen molar-refractivity contribution in [2.75, 3.05) is 4.90 Å². The fourth-order valence-corrected chi connectivity index (χ4v) is 2.50. The summed E-state index contributed by atoms with van der Waals surface area (Å²) in [6.45, 7) is 9.34. The van der Waals surface area contributed by atoms with Crippen LogP contribution in [0.5, 0.6) is 0 Å². The predicted octanol–water partition coefficient (Wildman–Crippen LogP) is 3.94. The Kier molecular flexibility index (Phi) is 2.86. The molecule has 2 nitrogen and oxygen atoms in total. The zero-order valence-corrected chi connectivity index (χ0v) is 11.5. The number of aromatic nitrogens is 1. The van der Waals surface area contributed by atoms with Crippen molar-refractivity contribution in [1.29, 1.82) is 0 Å². The Hall–Kier alpha value is -2.09. The van der Waals surface area contributed by atoms with E-state index in [1.807, 2.05) is 6.20 Å². The van der Waals surface area contributed by atoms with Crippen LogP contribution in [-0.2, 0) is 13.0 Å². The third kappa shape index (κ3) is 2.03. The van der Waals surface area contributed by atoms with Crippen LogP contribution in [0.2, 0.25) is 0 Å². The van der Waals surface area contributed by atoms with Crippen LogP contribution in [0.1, 0.15) is 29.2 Å². The maximum Gasteiger partial charge on any atom is 0.133 e. The summed E-state index contributed by atoms with van der Waals surface area (Å²) in [5.41, 5.74) is 6.20. The second-order valence-electron chi connectivity index (χ2n) is 5.07. The first kappa shape index (κ1) is 12.0. The topological polar surface area (TPSA) is 16.1 Å². The lowest BCUT2D eigenvalue weighted by molar-refractivity contribution is 0.999. The Labute approximate surface area is 114 Å². The number of nitrogens with zero attached hydrogens (tertiary/aromatic N) is 2. The molecule has 3 rings (SSSR count). The number of anilines is 1. The molecular weight excluding hydrogens is 232 g/mol. The van der Waals surface area contributed by atoms with Crippen LogP contribution in [0.3, 0.4) is 0 Å². The van der Waals surface area contributed by atoms with Gasteiger partial charge in [0.05, 0.1) is 6.54 Å². The van der Waals surface area contributed by atoms with Crippen molar-refractivity contribution < 1.29 is 0 Å². The van der Waals surface area contributed by atoms with Crippen molar-refractivity contribution in [3.8, 4) is 0 Å². The van der Waals surface area contributed by atoms with Gasteiger partial charge in [0.1, 0.15) is 5.82 Å². The zero-order valence-electron chi connectivity index (χ0n) is 11.5. The fourth-order valence-electron chi connectivity index (χ4n) is 2.50. The highest BCUT2D eigenvalue weighted by molar-refractivity contribution is 5.82. The molecule has 1 aliphatic heterocycles. The summed E-state index contributed by atoms with van der Waals surface area (Å²) in [5, 5.41) is 0. The quantitative estimate of drug-likeness (QED) is 0.802. The number of fused-ring (bicyclic) bond motifs is 1. The van der Waals surface area contributed by atoms with Gasteiger partial charge >= 0.3 is 0 Å². The Morgan fingerprint density at radius 3 is 2.79 bits per heavy atom. The van der Waals surface area contributed by atoms with Gasteiger partial charge in [-0.2, -0.15) is 0 Å². The normalized spacial score (nSPS) is 13.8. The summed E-state index contributed by atoms with van der Waals surface area (Å²) < 4.78 is 0. The maximum atomic E-state index is 4.50. The SMILES string of the molecule is C=C1c2cc(CC)ccc2CN1c1ccc(C)cn1. The van der Waals surface area contributed by atoms with Gasteiger partial charge in [0.15, 0.2) is 0 Å². The first-order valence-corrected chi connectivity index (χ1v) is 6.70. The molecule has 0 N–H and O–H groups in total. The van der Waals surface area contributed by atoms with Crippen molar-refractivity contribution >= 4 is 11.5 Å². The van der Waals surface area contributed by atoms with E-state index in [1.165, 1.54) is 22.3 Å². The molecule has 0 amide bonds. The third-order valence-corrected chi connectivity index (χ3v) is 3.72. The van der Waals surface area contributed by atoms with Crippen LogP contribution in [0.25, 0.3) is 5.70 Å². The number of pyridine rings is 1. The van der Waals surface area contributed by atoms with E-state index >= 15 is 0 Å². The number of rotatable bonds is 2. The highest BCUT2D eigenvalue weighted by Crippen LogP contribution is 2.35. The molecule has 0 radical (unpaired) electrons. The molecule has 0 fully saturated rings. The Balaban J connectivity index is 1.97. The van der Waals surface area contributed by atoms with Crippen molar-refractivity contribution in [3.63, 3.8) is 0 Å². The summed E-state index contributed by atoms with van der Waals surface area (Å²) in [7, 11) is 0. The third-order valence-electron chi connectivity index (χ3n) is 3.72. The highest BCUT2D eigenvalue weighted by Gasteiger charge is 2.24. The van der Waals surface area contributed by atoms with Crippen molar-refractivity contribution in [1.82, 2.24) is 4.98 Å². The van der Waals surface area contributed by atoms with Crippen molar-refractivity contribution in [3.05, 3.63) is 65.4 Å². The molecule has 1 aromatic heterocycles. The molecule has 0 spiro atoms. The number of benzene rings is 1. The van der Waals surface area contributed by atoms with Gasteiger partial charge in [-0.05, 0) is 42.2 Å². The second kappa shape index (κ2) is 4.54. The summed E-state index contributed by atoms with van der Waals surface area (Å²) in [6.07, 6.45) is 2.96. The largest absolute Gasteiger partial charge is 0.322 e. The molecule has 1 aromatic carbocycles.